The predicted molar refractivity (Wildman–Crippen MR) is 69.5 cm³/mol. The summed E-state index contributed by atoms with van der Waals surface area (Å²) in [5.41, 5.74) is -1.02. The molecule has 0 radical (unpaired) electrons. The van der Waals surface area contributed by atoms with Crippen molar-refractivity contribution in [3.05, 3.63) is 35.6 Å². The first kappa shape index (κ1) is 14.5. The number of esters is 2. The van der Waals surface area contributed by atoms with Crippen LogP contribution in [0, 0.1) is 11.7 Å². The van der Waals surface area contributed by atoms with Gasteiger partial charge in [-0.2, -0.15) is 0 Å². The minimum Gasteiger partial charge on any atom is -0.466 e. The topological polar surface area (TPSA) is 52.6 Å². The fourth-order valence-electron chi connectivity index (χ4n) is 2.51. The van der Waals surface area contributed by atoms with Gasteiger partial charge in [-0.25, -0.2) is 4.39 Å². The Kier molecular flexibility index (Phi) is 4.06. The van der Waals surface area contributed by atoms with Gasteiger partial charge in [0.1, 0.15) is 11.2 Å². The Labute approximate surface area is 116 Å². The van der Waals surface area contributed by atoms with Crippen LogP contribution in [0.2, 0.25) is 0 Å². The van der Waals surface area contributed by atoms with Crippen LogP contribution in [0.3, 0.4) is 0 Å². The van der Waals surface area contributed by atoms with Gasteiger partial charge in [-0.15, -0.1) is 0 Å². The van der Waals surface area contributed by atoms with Crippen LogP contribution in [0.4, 0.5) is 4.39 Å². The molecule has 0 unspecified atom stereocenters. The number of benzene rings is 1. The second-order valence-corrected chi connectivity index (χ2v) is 4.68. The zero-order valence-corrected chi connectivity index (χ0v) is 11.5. The Morgan fingerprint density at radius 1 is 1.25 bits per heavy atom. The van der Waals surface area contributed by atoms with Crippen molar-refractivity contribution < 1.29 is 23.5 Å². The molecule has 0 saturated heterocycles. The van der Waals surface area contributed by atoms with Gasteiger partial charge in [0, 0.05) is 5.56 Å². The Morgan fingerprint density at radius 3 is 2.50 bits per heavy atom. The molecule has 108 valence electrons. The van der Waals surface area contributed by atoms with Crippen molar-refractivity contribution in [2.45, 2.75) is 25.7 Å². The fraction of sp³-hybridized carbons (Fsp3) is 0.467. The molecule has 0 spiro atoms. The van der Waals surface area contributed by atoms with E-state index in [0.717, 1.165) is 0 Å². The van der Waals surface area contributed by atoms with Crippen LogP contribution < -0.4 is 0 Å². The molecule has 0 bridgehead atoms. The zero-order chi connectivity index (χ0) is 14.8. The lowest BCUT2D eigenvalue weighted by molar-refractivity contribution is -0.152. The van der Waals surface area contributed by atoms with Gasteiger partial charge in [-0.1, -0.05) is 18.2 Å². The average molecular weight is 280 g/mol. The van der Waals surface area contributed by atoms with Crippen molar-refractivity contribution >= 4 is 11.9 Å². The SMILES string of the molecule is CCOC(=O)[C@H]1C[C@@]1(C(=O)OCC)c1ccccc1F. The summed E-state index contributed by atoms with van der Waals surface area (Å²) in [5, 5.41) is 0. The molecule has 4 nitrogen and oxygen atoms in total. The van der Waals surface area contributed by atoms with Gasteiger partial charge >= 0.3 is 11.9 Å². The molecule has 20 heavy (non-hydrogen) atoms. The van der Waals surface area contributed by atoms with Crippen molar-refractivity contribution in [2.24, 2.45) is 5.92 Å². The van der Waals surface area contributed by atoms with Gasteiger partial charge in [0.2, 0.25) is 0 Å². The van der Waals surface area contributed by atoms with Gasteiger partial charge in [-0.05, 0) is 26.3 Å². The van der Waals surface area contributed by atoms with Gasteiger partial charge in [0.15, 0.2) is 0 Å². The Balaban J connectivity index is 2.36. The fourth-order valence-corrected chi connectivity index (χ4v) is 2.51. The molecule has 5 heteroatoms. The van der Waals surface area contributed by atoms with Gasteiger partial charge in [0.25, 0.3) is 0 Å². The maximum atomic E-state index is 14.0. The normalized spacial score (nSPS) is 24.1. The smallest absolute Gasteiger partial charge is 0.317 e. The van der Waals surface area contributed by atoms with E-state index in [0.29, 0.717) is 0 Å². The van der Waals surface area contributed by atoms with Gasteiger partial charge in [-0.3, -0.25) is 9.59 Å². The highest BCUT2D eigenvalue weighted by Gasteiger charge is 2.67. The Morgan fingerprint density at radius 2 is 1.90 bits per heavy atom. The van der Waals surface area contributed by atoms with E-state index in [1.54, 1.807) is 26.0 Å². The first-order valence-electron chi connectivity index (χ1n) is 6.66. The van der Waals surface area contributed by atoms with Crippen LogP contribution in [-0.4, -0.2) is 25.2 Å². The Bertz CT molecular complexity index is 528. The summed E-state index contributed by atoms with van der Waals surface area (Å²) in [4.78, 5) is 24.1. The minimum absolute atomic E-state index is 0.185. The van der Waals surface area contributed by atoms with E-state index in [-0.39, 0.29) is 25.2 Å². The van der Waals surface area contributed by atoms with E-state index in [2.05, 4.69) is 0 Å². The van der Waals surface area contributed by atoms with Crippen molar-refractivity contribution in [3.63, 3.8) is 0 Å². The molecule has 1 saturated carbocycles. The summed E-state index contributed by atoms with van der Waals surface area (Å²) in [7, 11) is 0. The van der Waals surface area contributed by atoms with Crippen molar-refractivity contribution in [3.8, 4) is 0 Å². The van der Waals surface area contributed by atoms with E-state index in [9.17, 15) is 14.0 Å². The third-order valence-electron chi connectivity index (χ3n) is 3.53. The second kappa shape index (κ2) is 5.61. The summed E-state index contributed by atoms with van der Waals surface area (Å²) in [5.74, 6) is -2.22. The largest absolute Gasteiger partial charge is 0.466 e. The van der Waals surface area contributed by atoms with Crippen LogP contribution in [0.25, 0.3) is 0 Å². The highest BCUT2D eigenvalue weighted by Crippen LogP contribution is 2.56. The summed E-state index contributed by atoms with van der Waals surface area (Å²) in [6.45, 7) is 3.78. The third kappa shape index (κ3) is 2.28. The van der Waals surface area contributed by atoms with Crippen molar-refractivity contribution in [2.75, 3.05) is 13.2 Å². The van der Waals surface area contributed by atoms with Crippen LogP contribution >= 0.6 is 0 Å². The van der Waals surface area contributed by atoms with Gasteiger partial charge < -0.3 is 9.47 Å². The molecule has 0 heterocycles. The second-order valence-electron chi connectivity index (χ2n) is 4.68. The van der Waals surface area contributed by atoms with Crippen LogP contribution in [0.15, 0.2) is 24.3 Å². The molecule has 0 N–H and O–H groups in total. The first-order chi connectivity index (χ1) is 9.57. The molecule has 2 rings (SSSR count). The number of ether oxygens (including phenoxy) is 2. The molecule has 1 aliphatic rings. The molecule has 1 aromatic rings. The Hall–Kier alpha value is -1.91. The zero-order valence-electron chi connectivity index (χ0n) is 11.5. The molecule has 1 fully saturated rings. The maximum Gasteiger partial charge on any atom is 0.317 e. The number of hydrogen-bond acceptors (Lipinski definition) is 4. The summed E-state index contributed by atoms with van der Waals surface area (Å²) in [6, 6.07) is 5.97. The number of hydrogen-bond donors (Lipinski definition) is 0. The third-order valence-corrected chi connectivity index (χ3v) is 3.53. The van der Waals surface area contributed by atoms with Gasteiger partial charge in [0.05, 0.1) is 19.1 Å². The molecule has 2 atom stereocenters. The van der Waals surface area contributed by atoms with E-state index in [1.165, 1.54) is 12.1 Å². The maximum absolute atomic E-state index is 14.0. The molecule has 1 aromatic carbocycles. The lowest BCUT2D eigenvalue weighted by atomic mass is 9.92. The molecular formula is C15H17FO4. The number of carbonyl (C=O) groups excluding carboxylic acids is 2. The molecule has 1 aliphatic carbocycles. The number of rotatable bonds is 5. The van der Waals surface area contributed by atoms with Crippen LogP contribution in [0.5, 0.6) is 0 Å². The molecule has 0 aliphatic heterocycles. The highest BCUT2D eigenvalue weighted by atomic mass is 19.1. The summed E-state index contributed by atoms with van der Waals surface area (Å²) in [6.07, 6.45) is 0.228. The quantitative estimate of drug-likeness (QED) is 0.776. The summed E-state index contributed by atoms with van der Waals surface area (Å²) >= 11 is 0. The van der Waals surface area contributed by atoms with E-state index in [4.69, 9.17) is 9.47 Å². The summed E-state index contributed by atoms with van der Waals surface area (Å²) < 4.78 is 24.0. The monoisotopic (exact) mass is 280 g/mol. The highest BCUT2D eigenvalue weighted by molar-refractivity contribution is 5.96. The lowest BCUT2D eigenvalue weighted by Gasteiger charge is -2.16. The van der Waals surface area contributed by atoms with E-state index < -0.39 is 29.1 Å². The van der Waals surface area contributed by atoms with Crippen molar-refractivity contribution in [1.29, 1.82) is 0 Å². The molecular weight excluding hydrogens is 263 g/mol. The number of carbonyl (C=O) groups is 2. The predicted octanol–water partition coefficient (Wildman–Crippen LogP) is 2.21. The van der Waals surface area contributed by atoms with E-state index in [1.807, 2.05) is 0 Å². The lowest BCUT2D eigenvalue weighted by Crippen LogP contribution is -2.29. The molecule has 0 amide bonds. The molecule has 0 aromatic heterocycles. The minimum atomic E-state index is -1.23. The first-order valence-corrected chi connectivity index (χ1v) is 6.66. The van der Waals surface area contributed by atoms with Crippen LogP contribution in [0.1, 0.15) is 25.8 Å². The van der Waals surface area contributed by atoms with E-state index >= 15 is 0 Å². The van der Waals surface area contributed by atoms with Crippen LogP contribution in [-0.2, 0) is 24.5 Å². The van der Waals surface area contributed by atoms with Crippen molar-refractivity contribution in [1.82, 2.24) is 0 Å². The number of halogens is 1. The standard InChI is InChI=1S/C15H17FO4/c1-3-19-13(17)11-9-15(11,14(18)20-4-2)10-7-5-6-8-12(10)16/h5-8,11H,3-4,9H2,1-2H3/t11-,15-/m1/s1. The average Bonchev–Trinajstić information content (AvgIpc) is 3.16.